The van der Waals surface area contributed by atoms with Gasteiger partial charge in [0, 0.05) is 6.04 Å². The summed E-state index contributed by atoms with van der Waals surface area (Å²) in [6, 6.07) is 0.555. The first kappa shape index (κ1) is 15.1. The van der Waals surface area contributed by atoms with Crippen LogP contribution in [0.2, 0.25) is 0 Å². The highest BCUT2D eigenvalue weighted by molar-refractivity contribution is 5.33. The van der Waals surface area contributed by atoms with Gasteiger partial charge >= 0.3 is 0 Å². The number of rotatable bonds is 4. The topological polar surface area (TPSA) is 84.9 Å². The van der Waals surface area contributed by atoms with Gasteiger partial charge in [-0.15, -0.1) is 0 Å². The molecule has 5 heteroatoms. The number of aliphatic imine (C=N–C) groups is 2. The molecule has 2 saturated carbocycles. The number of hydrogen-bond donors (Lipinski definition) is 1. The van der Waals surface area contributed by atoms with Crippen LogP contribution in [0.25, 0.3) is 0 Å². The first-order chi connectivity index (χ1) is 9.74. The van der Waals surface area contributed by atoms with E-state index in [1.807, 2.05) is 0 Å². The van der Waals surface area contributed by atoms with Crippen molar-refractivity contribution in [2.75, 3.05) is 0 Å². The zero-order valence-electron chi connectivity index (χ0n) is 11.8. The minimum absolute atomic E-state index is 0.161. The second kappa shape index (κ2) is 7.49. The van der Waals surface area contributed by atoms with Gasteiger partial charge in [0.2, 0.25) is 12.2 Å². The molecule has 20 heavy (non-hydrogen) atoms. The Balaban J connectivity index is 1.79. The minimum atomic E-state index is 0.161. The fourth-order valence-corrected chi connectivity index (χ4v) is 3.77. The maximum absolute atomic E-state index is 10.3. The Morgan fingerprint density at radius 2 is 1.10 bits per heavy atom. The Labute approximate surface area is 119 Å². The summed E-state index contributed by atoms with van der Waals surface area (Å²) in [7, 11) is 0. The number of hydrogen-bond acceptors (Lipinski definition) is 5. The third kappa shape index (κ3) is 3.86. The van der Waals surface area contributed by atoms with E-state index in [2.05, 4.69) is 9.98 Å². The van der Waals surface area contributed by atoms with Crippen LogP contribution in [0.15, 0.2) is 9.98 Å². The van der Waals surface area contributed by atoms with Gasteiger partial charge in [0.05, 0.1) is 12.1 Å². The van der Waals surface area contributed by atoms with E-state index in [0.717, 1.165) is 51.4 Å². The average Bonchev–Trinajstić information content (AvgIpc) is 2.49. The quantitative estimate of drug-likeness (QED) is 0.630. The molecule has 110 valence electrons. The number of nitrogens with zero attached hydrogens (tertiary/aromatic N) is 2. The lowest BCUT2D eigenvalue weighted by molar-refractivity contribution is 0.190. The molecule has 0 spiro atoms. The highest BCUT2D eigenvalue weighted by atomic mass is 16.1. The van der Waals surface area contributed by atoms with Gasteiger partial charge < -0.3 is 5.73 Å². The van der Waals surface area contributed by atoms with Gasteiger partial charge in [0.1, 0.15) is 0 Å². The molecule has 0 amide bonds. The van der Waals surface area contributed by atoms with Gasteiger partial charge in [-0.05, 0) is 63.2 Å². The Bertz CT molecular complexity index is 359. The summed E-state index contributed by atoms with van der Waals surface area (Å²) in [5.74, 6) is 1.09. The molecular weight excluding hydrogens is 254 g/mol. The Kier molecular flexibility index (Phi) is 5.66. The van der Waals surface area contributed by atoms with Crippen LogP contribution in [-0.2, 0) is 9.59 Å². The molecule has 0 atom stereocenters. The largest absolute Gasteiger partial charge is 0.327 e. The molecule has 2 aliphatic carbocycles. The van der Waals surface area contributed by atoms with E-state index in [4.69, 9.17) is 5.73 Å². The van der Waals surface area contributed by atoms with Gasteiger partial charge in [-0.25, -0.2) is 19.6 Å². The highest BCUT2D eigenvalue weighted by Crippen LogP contribution is 2.35. The standard InChI is InChI=1S/C15H23N3O2/c16-15(11-1-5-13(6-2-11)17-9-19)12-3-7-14(8-4-12)18-10-20/h11-15H,1-8,16H2. The molecule has 0 aromatic heterocycles. The van der Waals surface area contributed by atoms with Gasteiger partial charge in [0.15, 0.2) is 0 Å². The Morgan fingerprint density at radius 3 is 1.40 bits per heavy atom. The predicted molar refractivity (Wildman–Crippen MR) is 75.7 cm³/mol. The molecule has 0 radical (unpaired) electrons. The lowest BCUT2D eigenvalue weighted by Crippen LogP contribution is -2.41. The molecule has 0 aromatic rings. The average molecular weight is 277 g/mol. The number of carbonyl (C=O) groups excluding carboxylic acids is 2. The van der Waals surface area contributed by atoms with Crippen molar-refractivity contribution < 1.29 is 9.59 Å². The summed E-state index contributed by atoms with van der Waals surface area (Å²) in [4.78, 5) is 28.2. The lowest BCUT2D eigenvalue weighted by Gasteiger charge is -2.37. The molecule has 0 saturated heterocycles. The fraction of sp³-hybridized carbons (Fsp3) is 0.867. The van der Waals surface area contributed by atoms with Crippen LogP contribution in [-0.4, -0.2) is 30.3 Å². The van der Waals surface area contributed by atoms with Crippen LogP contribution in [0.1, 0.15) is 51.4 Å². The van der Waals surface area contributed by atoms with E-state index in [-0.39, 0.29) is 18.1 Å². The minimum Gasteiger partial charge on any atom is -0.327 e. The van der Waals surface area contributed by atoms with Gasteiger partial charge in [-0.2, -0.15) is 0 Å². The highest BCUT2D eigenvalue weighted by Gasteiger charge is 2.32. The SMILES string of the molecule is NC(C1CCC(N=C=O)CC1)C1CCC(N=C=O)CC1. The number of nitrogens with two attached hydrogens (primary N) is 1. The number of isocyanates is 2. The molecule has 0 aromatic carbocycles. The summed E-state index contributed by atoms with van der Waals surface area (Å²) in [6.45, 7) is 0. The van der Waals surface area contributed by atoms with Crippen LogP contribution in [0.4, 0.5) is 0 Å². The fourth-order valence-electron chi connectivity index (χ4n) is 3.77. The summed E-state index contributed by atoms with van der Waals surface area (Å²) in [6.07, 6.45) is 11.4. The predicted octanol–water partition coefficient (Wildman–Crippen LogP) is 2.10. The van der Waals surface area contributed by atoms with Crippen molar-refractivity contribution in [1.82, 2.24) is 0 Å². The van der Waals surface area contributed by atoms with Gasteiger partial charge in [0.25, 0.3) is 0 Å². The van der Waals surface area contributed by atoms with Crippen molar-refractivity contribution >= 4 is 12.2 Å². The van der Waals surface area contributed by atoms with Crippen molar-refractivity contribution in [3.63, 3.8) is 0 Å². The Morgan fingerprint density at radius 1 is 0.750 bits per heavy atom. The molecule has 2 fully saturated rings. The van der Waals surface area contributed by atoms with E-state index >= 15 is 0 Å². The first-order valence-corrected chi connectivity index (χ1v) is 7.64. The smallest absolute Gasteiger partial charge is 0.235 e. The summed E-state index contributed by atoms with van der Waals surface area (Å²) in [5.41, 5.74) is 6.45. The molecule has 5 nitrogen and oxygen atoms in total. The van der Waals surface area contributed by atoms with Crippen molar-refractivity contribution in [2.45, 2.75) is 69.5 Å². The molecule has 2 aliphatic rings. The monoisotopic (exact) mass is 277 g/mol. The molecule has 0 aliphatic heterocycles. The zero-order valence-corrected chi connectivity index (χ0v) is 11.8. The summed E-state index contributed by atoms with van der Waals surface area (Å²) >= 11 is 0. The van der Waals surface area contributed by atoms with Crippen LogP contribution in [0.5, 0.6) is 0 Å². The normalized spacial score (nSPS) is 35.5. The maximum atomic E-state index is 10.3. The molecule has 0 bridgehead atoms. The Hall–Kier alpha value is -1.28. The second-order valence-electron chi connectivity index (χ2n) is 6.16. The van der Waals surface area contributed by atoms with Crippen molar-refractivity contribution in [2.24, 2.45) is 27.6 Å². The van der Waals surface area contributed by atoms with Crippen LogP contribution >= 0.6 is 0 Å². The van der Waals surface area contributed by atoms with Crippen LogP contribution in [0, 0.1) is 11.8 Å². The summed E-state index contributed by atoms with van der Waals surface area (Å²) in [5, 5.41) is 0. The van der Waals surface area contributed by atoms with E-state index in [0.29, 0.717) is 11.8 Å². The van der Waals surface area contributed by atoms with Crippen molar-refractivity contribution in [1.29, 1.82) is 0 Å². The van der Waals surface area contributed by atoms with E-state index in [9.17, 15) is 9.59 Å². The third-order valence-corrected chi connectivity index (χ3v) is 5.04. The second-order valence-corrected chi connectivity index (χ2v) is 6.16. The van der Waals surface area contributed by atoms with E-state index in [1.54, 1.807) is 12.2 Å². The van der Waals surface area contributed by atoms with Gasteiger partial charge in [-0.1, -0.05) is 0 Å². The van der Waals surface area contributed by atoms with Crippen LogP contribution < -0.4 is 5.73 Å². The molecule has 2 rings (SSSR count). The zero-order chi connectivity index (χ0) is 14.4. The first-order valence-electron chi connectivity index (χ1n) is 7.64. The van der Waals surface area contributed by atoms with E-state index in [1.165, 1.54) is 0 Å². The van der Waals surface area contributed by atoms with E-state index < -0.39 is 0 Å². The molecule has 0 heterocycles. The molecule has 0 unspecified atom stereocenters. The van der Waals surface area contributed by atoms with Crippen LogP contribution in [0.3, 0.4) is 0 Å². The van der Waals surface area contributed by atoms with Crippen molar-refractivity contribution in [3.05, 3.63) is 0 Å². The van der Waals surface area contributed by atoms with Crippen molar-refractivity contribution in [3.8, 4) is 0 Å². The van der Waals surface area contributed by atoms with Gasteiger partial charge in [-0.3, -0.25) is 0 Å². The molecule has 2 N–H and O–H groups in total. The third-order valence-electron chi connectivity index (χ3n) is 5.04. The molecular formula is C15H23N3O2. The maximum Gasteiger partial charge on any atom is 0.235 e. The summed E-state index contributed by atoms with van der Waals surface area (Å²) < 4.78 is 0. The lowest BCUT2D eigenvalue weighted by atomic mass is 9.72.